The normalized spacial score (nSPS) is 55.1. The van der Waals surface area contributed by atoms with Gasteiger partial charge in [0.1, 0.15) is 6.10 Å². The number of Topliss-reactive ketones (excluding diaryl/α,β-unsaturated/α-hetero) is 1. The van der Waals surface area contributed by atoms with Crippen molar-refractivity contribution in [3.05, 3.63) is 12.2 Å². The van der Waals surface area contributed by atoms with Crippen molar-refractivity contribution in [2.75, 3.05) is 0 Å². The van der Waals surface area contributed by atoms with Crippen LogP contribution < -0.4 is 0 Å². The number of hydrogen-bond acceptors (Lipinski definition) is 2. The van der Waals surface area contributed by atoms with Crippen LogP contribution in [0.15, 0.2) is 12.2 Å². The van der Waals surface area contributed by atoms with Gasteiger partial charge in [0.05, 0.1) is 0 Å². The lowest BCUT2D eigenvalue weighted by molar-refractivity contribution is -0.128. The standard InChI is InChI=1S/C10H12O2/c11-8-4-7-5-1-2-6(3-5)9(7)10(8)12/h1-2,5-9,11H,3-4H2. The van der Waals surface area contributed by atoms with Gasteiger partial charge >= 0.3 is 0 Å². The topological polar surface area (TPSA) is 37.3 Å². The molecule has 2 heteroatoms. The minimum absolute atomic E-state index is 0.108. The fourth-order valence-electron chi connectivity index (χ4n) is 3.26. The van der Waals surface area contributed by atoms with Gasteiger partial charge in [0.25, 0.3) is 0 Å². The molecule has 12 heavy (non-hydrogen) atoms. The molecule has 0 radical (unpaired) electrons. The van der Waals surface area contributed by atoms with E-state index in [0.29, 0.717) is 17.8 Å². The summed E-state index contributed by atoms with van der Waals surface area (Å²) in [5.41, 5.74) is 0. The molecule has 0 aliphatic heterocycles. The monoisotopic (exact) mass is 164 g/mol. The number of rotatable bonds is 0. The molecule has 5 unspecified atom stereocenters. The fraction of sp³-hybridized carbons (Fsp3) is 0.700. The van der Waals surface area contributed by atoms with Crippen LogP contribution in [0.5, 0.6) is 0 Å². The Morgan fingerprint density at radius 1 is 1.25 bits per heavy atom. The third-order valence-electron chi connectivity index (χ3n) is 3.77. The molecular weight excluding hydrogens is 152 g/mol. The quantitative estimate of drug-likeness (QED) is 0.537. The van der Waals surface area contributed by atoms with E-state index >= 15 is 0 Å². The molecule has 2 fully saturated rings. The Morgan fingerprint density at radius 3 is 2.75 bits per heavy atom. The molecule has 3 aliphatic carbocycles. The lowest BCUT2D eigenvalue weighted by Crippen LogP contribution is -2.23. The van der Waals surface area contributed by atoms with Crippen molar-refractivity contribution in [2.45, 2.75) is 18.9 Å². The summed E-state index contributed by atoms with van der Waals surface area (Å²) >= 11 is 0. The van der Waals surface area contributed by atoms with Gasteiger partial charge in [-0.05, 0) is 30.6 Å². The van der Waals surface area contributed by atoms with Crippen LogP contribution in [0.1, 0.15) is 12.8 Å². The average molecular weight is 164 g/mol. The minimum atomic E-state index is -0.648. The summed E-state index contributed by atoms with van der Waals surface area (Å²) < 4.78 is 0. The molecule has 2 bridgehead atoms. The van der Waals surface area contributed by atoms with E-state index in [1.807, 2.05) is 0 Å². The highest BCUT2D eigenvalue weighted by Crippen LogP contribution is 2.53. The first-order chi connectivity index (χ1) is 5.77. The molecule has 0 aromatic carbocycles. The zero-order chi connectivity index (χ0) is 8.29. The van der Waals surface area contributed by atoms with Crippen LogP contribution in [0.4, 0.5) is 0 Å². The van der Waals surface area contributed by atoms with Crippen molar-refractivity contribution in [2.24, 2.45) is 23.7 Å². The molecule has 0 saturated heterocycles. The number of ketones is 1. The van der Waals surface area contributed by atoms with Crippen molar-refractivity contribution in [1.29, 1.82) is 0 Å². The highest BCUT2D eigenvalue weighted by Gasteiger charge is 2.54. The molecular formula is C10H12O2. The molecule has 5 atom stereocenters. The molecule has 64 valence electrons. The van der Waals surface area contributed by atoms with Crippen molar-refractivity contribution in [3.63, 3.8) is 0 Å². The summed E-state index contributed by atoms with van der Waals surface area (Å²) in [6, 6.07) is 0. The van der Waals surface area contributed by atoms with Gasteiger partial charge in [-0.15, -0.1) is 0 Å². The predicted octanol–water partition coefficient (Wildman–Crippen LogP) is 0.758. The van der Waals surface area contributed by atoms with Crippen molar-refractivity contribution in [1.82, 2.24) is 0 Å². The third-order valence-corrected chi connectivity index (χ3v) is 3.77. The Balaban J connectivity index is 2.00. The molecule has 3 aliphatic rings. The van der Waals surface area contributed by atoms with Gasteiger partial charge in [0, 0.05) is 5.92 Å². The van der Waals surface area contributed by atoms with Gasteiger partial charge in [-0.2, -0.15) is 0 Å². The van der Waals surface area contributed by atoms with Crippen LogP contribution in [-0.2, 0) is 4.79 Å². The van der Waals surface area contributed by atoms with Gasteiger partial charge in [0.15, 0.2) is 5.78 Å². The highest BCUT2D eigenvalue weighted by molar-refractivity contribution is 5.89. The second-order valence-electron chi connectivity index (χ2n) is 4.29. The van der Waals surface area contributed by atoms with Crippen molar-refractivity contribution in [3.8, 4) is 0 Å². The Labute approximate surface area is 71.3 Å². The summed E-state index contributed by atoms with van der Waals surface area (Å²) in [7, 11) is 0. The van der Waals surface area contributed by atoms with Gasteiger partial charge in [-0.3, -0.25) is 4.79 Å². The fourth-order valence-corrected chi connectivity index (χ4v) is 3.26. The summed E-state index contributed by atoms with van der Waals surface area (Å²) in [6.45, 7) is 0. The predicted molar refractivity (Wildman–Crippen MR) is 43.3 cm³/mol. The maximum atomic E-state index is 11.5. The van der Waals surface area contributed by atoms with E-state index in [1.54, 1.807) is 0 Å². The number of aliphatic hydroxyl groups is 1. The van der Waals surface area contributed by atoms with E-state index in [4.69, 9.17) is 0 Å². The van der Waals surface area contributed by atoms with Crippen molar-refractivity contribution >= 4 is 5.78 Å². The maximum Gasteiger partial charge on any atom is 0.165 e. The molecule has 0 amide bonds. The summed E-state index contributed by atoms with van der Waals surface area (Å²) in [5.74, 6) is 1.82. The largest absolute Gasteiger partial charge is 0.385 e. The van der Waals surface area contributed by atoms with E-state index < -0.39 is 6.10 Å². The van der Waals surface area contributed by atoms with Gasteiger partial charge < -0.3 is 5.11 Å². The summed E-state index contributed by atoms with van der Waals surface area (Å²) in [6.07, 6.45) is 5.63. The Hall–Kier alpha value is -0.630. The number of carbonyl (C=O) groups is 1. The van der Waals surface area contributed by atoms with E-state index in [2.05, 4.69) is 12.2 Å². The van der Waals surface area contributed by atoms with Gasteiger partial charge in [-0.1, -0.05) is 12.2 Å². The van der Waals surface area contributed by atoms with Crippen LogP contribution in [-0.4, -0.2) is 17.0 Å². The minimum Gasteiger partial charge on any atom is -0.385 e. The van der Waals surface area contributed by atoms with Crippen LogP contribution in [0.25, 0.3) is 0 Å². The Morgan fingerprint density at radius 2 is 2.00 bits per heavy atom. The molecule has 3 rings (SSSR count). The van der Waals surface area contributed by atoms with E-state index in [9.17, 15) is 9.90 Å². The molecule has 2 nitrogen and oxygen atoms in total. The summed E-state index contributed by atoms with van der Waals surface area (Å²) in [4.78, 5) is 11.5. The number of hydrogen-bond donors (Lipinski definition) is 1. The smallest absolute Gasteiger partial charge is 0.165 e. The first kappa shape index (κ1) is 6.84. The zero-order valence-electron chi connectivity index (χ0n) is 6.81. The lowest BCUT2D eigenvalue weighted by atomic mass is 9.86. The molecule has 1 N–H and O–H groups in total. The van der Waals surface area contributed by atoms with E-state index in [-0.39, 0.29) is 11.7 Å². The van der Waals surface area contributed by atoms with E-state index in [1.165, 1.54) is 0 Å². The van der Waals surface area contributed by atoms with Crippen molar-refractivity contribution < 1.29 is 9.90 Å². The third kappa shape index (κ3) is 0.626. The van der Waals surface area contributed by atoms with Crippen LogP contribution in [0.3, 0.4) is 0 Å². The van der Waals surface area contributed by atoms with Gasteiger partial charge in [-0.25, -0.2) is 0 Å². The second-order valence-corrected chi connectivity index (χ2v) is 4.29. The molecule has 2 saturated carbocycles. The van der Waals surface area contributed by atoms with Crippen LogP contribution in [0, 0.1) is 23.7 Å². The maximum absolute atomic E-state index is 11.5. The average Bonchev–Trinajstić information content (AvgIpc) is 2.66. The first-order valence-electron chi connectivity index (χ1n) is 4.67. The Bertz CT molecular complexity index is 269. The molecule has 0 spiro atoms. The van der Waals surface area contributed by atoms with Gasteiger partial charge in [0.2, 0.25) is 0 Å². The lowest BCUT2D eigenvalue weighted by Gasteiger charge is -2.17. The van der Waals surface area contributed by atoms with E-state index in [0.717, 1.165) is 12.8 Å². The second kappa shape index (κ2) is 1.99. The molecule has 0 heterocycles. The van der Waals surface area contributed by atoms with Crippen LogP contribution in [0.2, 0.25) is 0 Å². The summed E-state index contributed by atoms with van der Waals surface area (Å²) in [5, 5.41) is 9.39. The number of aliphatic hydroxyl groups excluding tert-OH is 1. The number of allylic oxidation sites excluding steroid dienone is 2. The zero-order valence-corrected chi connectivity index (χ0v) is 6.81. The number of fused-ring (bicyclic) bond motifs is 5. The SMILES string of the molecule is O=C1C(O)CC2C3C=CC(C3)C12. The first-order valence-corrected chi connectivity index (χ1v) is 4.67. The van der Waals surface area contributed by atoms with Crippen LogP contribution >= 0.6 is 0 Å². The Kier molecular flexibility index (Phi) is 1.14. The number of carbonyl (C=O) groups excluding carboxylic acids is 1. The molecule has 0 aromatic heterocycles. The highest BCUT2D eigenvalue weighted by atomic mass is 16.3. The molecule has 0 aromatic rings.